The van der Waals surface area contributed by atoms with Gasteiger partial charge in [0.2, 0.25) is 0 Å². The number of nitrogens with one attached hydrogen (secondary N) is 1. The lowest BCUT2D eigenvalue weighted by Crippen LogP contribution is -2.21. The van der Waals surface area contributed by atoms with Crippen molar-refractivity contribution in [3.05, 3.63) is 12.3 Å². The average Bonchev–Trinajstić information content (AvgIpc) is 1.87. The predicted molar refractivity (Wildman–Crippen MR) is 50.0 cm³/mol. The predicted octanol–water partition coefficient (Wildman–Crippen LogP) is 2.48. The summed E-state index contributed by atoms with van der Waals surface area (Å²) in [6.45, 7) is 10.1. The molecule has 0 rings (SSSR count). The van der Waals surface area contributed by atoms with Gasteiger partial charge in [-0.15, -0.1) is 0 Å². The lowest BCUT2D eigenvalue weighted by atomic mass is 10.1. The molecule has 0 aliphatic heterocycles. The van der Waals surface area contributed by atoms with Crippen LogP contribution in [0.1, 0.15) is 27.2 Å². The van der Waals surface area contributed by atoms with Crippen molar-refractivity contribution in [2.45, 2.75) is 27.2 Å². The second-order valence-electron chi connectivity index (χ2n) is 2.58. The third-order valence-electron chi connectivity index (χ3n) is 1.32. The van der Waals surface area contributed by atoms with E-state index < -0.39 is 0 Å². The Hall–Kier alpha value is -0.370. The Morgan fingerprint density at radius 1 is 1.60 bits per heavy atom. The van der Waals surface area contributed by atoms with Crippen LogP contribution < -0.4 is 5.32 Å². The van der Waals surface area contributed by atoms with Crippen LogP contribution in [-0.2, 0) is 0 Å². The van der Waals surface area contributed by atoms with E-state index in [1.165, 1.54) is 0 Å². The molecule has 0 amide bonds. The molecular weight excluding hydrogens is 142 g/mol. The number of rotatable bonds is 3. The average molecular weight is 157 g/mol. The fourth-order valence-electron chi connectivity index (χ4n) is 0.412. The van der Waals surface area contributed by atoms with Gasteiger partial charge < -0.3 is 5.32 Å². The molecule has 0 atom stereocenters. The number of hydrogen-bond acceptors (Lipinski definition) is 1. The van der Waals surface area contributed by atoms with Crippen LogP contribution in [0.15, 0.2) is 12.3 Å². The molecule has 10 heavy (non-hydrogen) atoms. The fraction of sp³-hybridized carbons (Fsp3) is 0.625. The highest BCUT2D eigenvalue weighted by Crippen LogP contribution is 2.02. The summed E-state index contributed by atoms with van der Waals surface area (Å²) in [5, 5.41) is 3.07. The van der Waals surface area contributed by atoms with E-state index in [-0.39, 0.29) is 0 Å². The van der Waals surface area contributed by atoms with Crippen LogP contribution in [0.5, 0.6) is 0 Å². The van der Waals surface area contributed by atoms with Crippen LogP contribution in [0.4, 0.5) is 0 Å². The molecule has 0 aliphatic carbocycles. The molecule has 0 spiro atoms. The molecule has 0 bridgehead atoms. The molecule has 58 valence electrons. The Kier molecular flexibility index (Phi) is 4.28. The molecule has 0 saturated heterocycles. The van der Waals surface area contributed by atoms with E-state index in [1.807, 2.05) is 6.92 Å². The van der Waals surface area contributed by atoms with Crippen LogP contribution in [0.3, 0.4) is 0 Å². The van der Waals surface area contributed by atoms with Gasteiger partial charge in [0.25, 0.3) is 0 Å². The molecule has 0 saturated carbocycles. The Labute approximate surface area is 68.5 Å². The van der Waals surface area contributed by atoms with Crippen LogP contribution in [0.2, 0.25) is 0 Å². The molecule has 1 nitrogen and oxygen atoms in total. The van der Waals surface area contributed by atoms with Crippen molar-refractivity contribution >= 4 is 17.2 Å². The second-order valence-corrected chi connectivity index (χ2v) is 3.07. The third kappa shape index (κ3) is 3.62. The Bertz CT molecular complexity index is 138. The van der Waals surface area contributed by atoms with Crippen LogP contribution in [0, 0.1) is 5.92 Å². The van der Waals surface area contributed by atoms with Gasteiger partial charge in [0.15, 0.2) is 0 Å². The van der Waals surface area contributed by atoms with E-state index in [1.54, 1.807) is 0 Å². The normalized spacial score (nSPS) is 9.60. The SMILES string of the molecule is C=C(NC(=S)CC)C(C)C. The maximum absolute atomic E-state index is 4.98. The Morgan fingerprint density at radius 3 is 2.40 bits per heavy atom. The van der Waals surface area contributed by atoms with E-state index in [4.69, 9.17) is 12.2 Å². The van der Waals surface area contributed by atoms with Gasteiger partial charge in [-0.3, -0.25) is 0 Å². The first-order chi connectivity index (χ1) is 4.57. The summed E-state index contributed by atoms with van der Waals surface area (Å²) in [4.78, 5) is 0.874. The molecule has 1 N–H and O–H groups in total. The highest BCUT2D eigenvalue weighted by molar-refractivity contribution is 7.80. The summed E-state index contributed by atoms with van der Waals surface area (Å²) in [5.41, 5.74) is 1.01. The molecule has 0 fully saturated rings. The van der Waals surface area contributed by atoms with Gasteiger partial charge in [0.1, 0.15) is 0 Å². The molecule has 0 aromatic rings. The summed E-state index contributed by atoms with van der Waals surface area (Å²) in [5.74, 6) is 0.462. The maximum atomic E-state index is 4.98. The van der Waals surface area contributed by atoms with Crippen LogP contribution in [-0.4, -0.2) is 4.99 Å². The van der Waals surface area contributed by atoms with Gasteiger partial charge in [-0.1, -0.05) is 39.6 Å². The fourth-order valence-corrected chi connectivity index (χ4v) is 0.543. The molecule has 0 unspecified atom stereocenters. The molecule has 0 aromatic carbocycles. The van der Waals surface area contributed by atoms with Gasteiger partial charge in [0, 0.05) is 5.70 Å². The highest BCUT2D eigenvalue weighted by Gasteiger charge is 1.99. The number of hydrogen-bond donors (Lipinski definition) is 1. The smallest absolute Gasteiger partial charge is 0.0791 e. The summed E-state index contributed by atoms with van der Waals surface area (Å²) in [7, 11) is 0. The first kappa shape index (κ1) is 9.63. The largest absolute Gasteiger partial charge is 0.354 e. The second kappa shape index (κ2) is 4.45. The molecule has 2 heteroatoms. The monoisotopic (exact) mass is 157 g/mol. The zero-order chi connectivity index (χ0) is 8.15. The molecule has 0 radical (unpaired) electrons. The first-order valence-electron chi connectivity index (χ1n) is 3.56. The van der Waals surface area contributed by atoms with Crippen molar-refractivity contribution in [3.8, 4) is 0 Å². The summed E-state index contributed by atoms with van der Waals surface area (Å²) >= 11 is 4.98. The van der Waals surface area contributed by atoms with Crippen molar-refractivity contribution in [3.63, 3.8) is 0 Å². The highest BCUT2D eigenvalue weighted by atomic mass is 32.1. The molecule has 0 heterocycles. The quantitative estimate of drug-likeness (QED) is 0.632. The van der Waals surface area contributed by atoms with Crippen molar-refractivity contribution in [2.24, 2.45) is 5.92 Å². The van der Waals surface area contributed by atoms with E-state index in [9.17, 15) is 0 Å². The van der Waals surface area contributed by atoms with Crippen LogP contribution in [0.25, 0.3) is 0 Å². The van der Waals surface area contributed by atoms with Gasteiger partial charge in [0.05, 0.1) is 4.99 Å². The lowest BCUT2D eigenvalue weighted by Gasteiger charge is -2.11. The molecule has 0 aliphatic rings. The van der Waals surface area contributed by atoms with Gasteiger partial charge >= 0.3 is 0 Å². The first-order valence-corrected chi connectivity index (χ1v) is 3.97. The number of allylic oxidation sites excluding steroid dienone is 1. The minimum absolute atomic E-state index is 0.462. The van der Waals surface area contributed by atoms with Gasteiger partial charge in [-0.2, -0.15) is 0 Å². The molecular formula is C8H15NS. The van der Waals surface area contributed by atoms with E-state index in [2.05, 4.69) is 25.7 Å². The van der Waals surface area contributed by atoms with Gasteiger partial charge in [-0.05, 0) is 12.3 Å². The van der Waals surface area contributed by atoms with Crippen LogP contribution >= 0.6 is 12.2 Å². The van der Waals surface area contributed by atoms with Gasteiger partial charge in [-0.25, -0.2) is 0 Å². The topological polar surface area (TPSA) is 12.0 Å². The zero-order valence-corrected chi connectivity index (χ0v) is 7.72. The van der Waals surface area contributed by atoms with Crippen molar-refractivity contribution in [1.82, 2.24) is 5.32 Å². The lowest BCUT2D eigenvalue weighted by molar-refractivity contribution is 0.730. The Balaban J connectivity index is 3.69. The molecule has 0 aromatic heterocycles. The number of thiocarbonyl (C=S) groups is 1. The van der Waals surface area contributed by atoms with E-state index in [0.29, 0.717) is 5.92 Å². The minimum Gasteiger partial charge on any atom is -0.354 e. The standard InChI is InChI=1S/C8H15NS/c1-5-8(10)9-7(4)6(2)3/h6H,4-5H2,1-3H3,(H,9,10). The minimum atomic E-state index is 0.462. The van der Waals surface area contributed by atoms with Crippen molar-refractivity contribution < 1.29 is 0 Å². The maximum Gasteiger partial charge on any atom is 0.0791 e. The summed E-state index contributed by atoms with van der Waals surface area (Å²) in [6.07, 6.45) is 0.890. The zero-order valence-electron chi connectivity index (χ0n) is 6.90. The Morgan fingerprint density at radius 2 is 2.10 bits per heavy atom. The van der Waals surface area contributed by atoms with E-state index in [0.717, 1.165) is 17.1 Å². The summed E-state index contributed by atoms with van der Waals surface area (Å²) < 4.78 is 0. The third-order valence-corrected chi connectivity index (χ3v) is 1.71. The van der Waals surface area contributed by atoms with E-state index >= 15 is 0 Å². The summed E-state index contributed by atoms with van der Waals surface area (Å²) in [6, 6.07) is 0. The van der Waals surface area contributed by atoms with Crippen molar-refractivity contribution in [1.29, 1.82) is 0 Å². The van der Waals surface area contributed by atoms with Crippen molar-refractivity contribution in [2.75, 3.05) is 0 Å².